The molecule has 0 fully saturated rings. The van der Waals surface area contributed by atoms with Gasteiger partial charge in [-0.15, -0.1) is 0 Å². The van der Waals surface area contributed by atoms with Gasteiger partial charge in [0.05, 0.1) is 25.0 Å². The number of ether oxygens (including phenoxy) is 1. The minimum Gasteiger partial charge on any atom is -0.452 e. The van der Waals surface area contributed by atoms with Gasteiger partial charge in [0.25, 0.3) is 11.3 Å². The number of alkyl halides is 3. The minimum absolute atomic E-state index is 0.151. The van der Waals surface area contributed by atoms with Crippen LogP contribution in [0.4, 0.5) is 33.7 Å². The van der Waals surface area contributed by atoms with Crippen LogP contribution in [0.2, 0.25) is 0 Å². The fourth-order valence-corrected chi connectivity index (χ4v) is 3.61. The Bertz CT molecular complexity index is 1410. The van der Waals surface area contributed by atoms with Gasteiger partial charge in [-0.2, -0.15) is 13.2 Å². The number of amides is 2. The Morgan fingerprint density at radius 2 is 1.69 bits per heavy atom. The van der Waals surface area contributed by atoms with Crippen molar-refractivity contribution in [3.05, 3.63) is 71.2 Å². The van der Waals surface area contributed by atoms with E-state index >= 15 is 0 Å². The van der Waals surface area contributed by atoms with Crippen molar-refractivity contribution < 1.29 is 36.7 Å². The molecule has 0 spiro atoms. The molecule has 0 aliphatic heterocycles. The summed E-state index contributed by atoms with van der Waals surface area (Å²) in [6, 6.07) is 5.59. The monoisotopic (exact) mass is 549 g/mol. The molecule has 2 heterocycles. The zero-order valence-electron chi connectivity index (χ0n) is 20.9. The number of pyridine rings is 1. The van der Waals surface area contributed by atoms with E-state index in [4.69, 9.17) is 4.74 Å². The molecular formula is C25H23F4N5O5. The van der Waals surface area contributed by atoms with E-state index in [1.54, 1.807) is 0 Å². The van der Waals surface area contributed by atoms with Crippen molar-refractivity contribution in [2.45, 2.75) is 32.6 Å². The molecule has 14 heteroatoms. The number of hydrogen-bond acceptors (Lipinski definition) is 7. The highest BCUT2D eigenvalue weighted by Crippen LogP contribution is 2.25. The molecule has 0 aliphatic carbocycles. The molecule has 0 bridgehead atoms. The Morgan fingerprint density at radius 1 is 1.08 bits per heavy atom. The van der Waals surface area contributed by atoms with Gasteiger partial charge < -0.3 is 10.1 Å². The SMILES string of the molecule is COC(=O)N(c1ccncc1)c1cnc(-c2ccc(F)cc2)n(CC(=O)NC(C(=O)C(F)(F)F)C(C)C)c1=O. The number of Topliss-reactive ketones (excluding diaryl/α,β-unsaturated/α-hetero) is 1. The number of aromatic nitrogens is 3. The van der Waals surface area contributed by atoms with Crippen molar-refractivity contribution in [2.75, 3.05) is 12.0 Å². The first-order chi connectivity index (χ1) is 18.3. The fourth-order valence-electron chi connectivity index (χ4n) is 3.61. The van der Waals surface area contributed by atoms with Gasteiger partial charge in [0, 0.05) is 18.0 Å². The molecule has 2 amide bonds. The number of halogens is 4. The first-order valence-corrected chi connectivity index (χ1v) is 11.4. The number of carbonyl (C=O) groups excluding carboxylic acids is 3. The number of hydrogen-bond donors (Lipinski definition) is 1. The Labute approximate surface area is 219 Å². The van der Waals surface area contributed by atoms with Crippen LogP contribution in [0.5, 0.6) is 0 Å². The van der Waals surface area contributed by atoms with Crippen LogP contribution in [0.3, 0.4) is 0 Å². The molecule has 1 N–H and O–H groups in total. The van der Waals surface area contributed by atoms with Crippen molar-refractivity contribution >= 4 is 29.2 Å². The number of rotatable bonds is 8. The van der Waals surface area contributed by atoms with Crippen molar-refractivity contribution in [2.24, 2.45) is 5.92 Å². The highest BCUT2D eigenvalue weighted by Gasteiger charge is 2.45. The second-order valence-corrected chi connectivity index (χ2v) is 8.53. The summed E-state index contributed by atoms with van der Waals surface area (Å²) in [6.45, 7) is 1.75. The lowest BCUT2D eigenvalue weighted by Gasteiger charge is -2.24. The maximum Gasteiger partial charge on any atom is 0.452 e. The molecule has 1 aromatic carbocycles. The van der Waals surface area contributed by atoms with Gasteiger partial charge in [0.1, 0.15) is 23.9 Å². The number of methoxy groups -OCH3 is 1. The summed E-state index contributed by atoms with van der Waals surface area (Å²) in [5.74, 6) is -4.94. The lowest BCUT2D eigenvalue weighted by Crippen LogP contribution is -2.51. The Kier molecular flexibility index (Phi) is 8.78. The van der Waals surface area contributed by atoms with E-state index in [-0.39, 0.29) is 22.8 Å². The molecule has 1 unspecified atom stereocenters. The molecule has 206 valence electrons. The van der Waals surface area contributed by atoms with E-state index in [2.05, 4.69) is 9.97 Å². The molecule has 3 aromatic rings. The van der Waals surface area contributed by atoms with E-state index in [9.17, 15) is 36.7 Å². The summed E-state index contributed by atoms with van der Waals surface area (Å²) in [6.07, 6.45) is -2.45. The smallest absolute Gasteiger partial charge is 0.452 e. The zero-order valence-corrected chi connectivity index (χ0v) is 20.9. The van der Waals surface area contributed by atoms with Gasteiger partial charge >= 0.3 is 12.3 Å². The molecule has 39 heavy (non-hydrogen) atoms. The summed E-state index contributed by atoms with van der Waals surface area (Å²) >= 11 is 0. The molecule has 3 rings (SSSR count). The Hall–Kier alpha value is -4.62. The van der Waals surface area contributed by atoms with Crippen LogP contribution in [-0.4, -0.2) is 51.6 Å². The zero-order chi connectivity index (χ0) is 28.9. The third kappa shape index (κ3) is 6.64. The topological polar surface area (TPSA) is 123 Å². The van der Waals surface area contributed by atoms with Crippen LogP contribution in [0, 0.1) is 11.7 Å². The molecule has 0 aliphatic rings. The van der Waals surface area contributed by atoms with Gasteiger partial charge in [-0.3, -0.25) is 23.9 Å². The van der Waals surface area contributed by atoms with E-state index < -0.39 is 53.8 Å². The fraction of sp³-hybridized carbons (Fsp3) is 0.280. The van der Waals surface area contributed by atoms with Crippen LogP contribution in [-0.2, 0) is 20.9 Å². The van der Waals surface area contributed by atoms with Gasteiger partial charge in [0.15, 0.2) is 0 Å². The summed E-state index contributed by atoms with van der Waals surface area (Å²) in [5.41, 5.74) is -0.964. The highest BCUT2D eigenvalue weighted by atomic mass is 19.4. The van der Waals surface area contributed by atoms with Gasteiger partial charge in [-0.1, -0.05) is 13.8 Å². The van der Waals surface area contributed by atoms with E-state index in [1.165, 1.54) is 50.5 Å². The van der Waals surface area contributed by atoms with Crippen LogP contribution in [0.15, 0.2) is 59.8 Å². The molecular weight excluding hydrogens is 526 g/mol. The van der Waals surface area contributed by atoms with Crippen molar-refractivity contribution in [3.63, 3.8) is 0 Å². The van der Waals surface area contributed by atoms with E-state index in [0.717, 1.165) is 34.9 Å². The maximum atomic E-state index is 13.7. The number of benzene rings is 1. The largest absolute Gasteiger partial charge is 0.452 e. The second-order valence-electron chi connectivity index (χ2n) is 8.53. The number of nitrogens with one attached hydrogen (secondary N) is 1. The normalized spacial score (nSPS) is 12.1. The van der Waals surface area contributed by atoms with Crippen molar-refractivity contribution in [1.82, 2.24) is 19.9 Å². The van der Waals surface area contributed by atoms with Crippen LogP contribution >= 0.6 is 0 Å². The van der Waals surface area contributed by atoms with Gasteiger partial charge in [-0.25, -0.2) is 19.1 Å². The lowest BCUT2D eigenvalue weighted by atomic mass is 9.99. The predicted octanol–water partition coefficient (Wildman–Crippen LogP) is 3.62. The van der Waals surface area contributed by atoms with Gasteiger partial charge in [0.2, 0.25) is 5.91 Å². The Morgan fingerprint density at radius 3 is 2.23 bits per heavy atom. The second kappa shape index (κ2) is 11.8. The molecule has 2 aromatic heterocycles. The maximum absolute atomic E-state index is 13.7. The van der Waals surface area contributed by atoms with Crippen molar-refractivity contribution in [3.8, 4) is 11.4 Å². The standard InChI is InChI=1S/C25H23F4N5O5/c1-14(2)20(21(36)25(27,28)29)32-19(35)13-33-22(15-4-6-16(26)7-5-15)31-12-18(23(33)37)34(24(38)39-3)17-8-10-30-11-9-17/h4-12,14,20H,13H2,1-3H3,(H,32,35). The van der Waals surface area contributed by atoms with Gasteiger partial charge in [-0.05, 0) is 42.3 Å². The molecule has 10 nitrogen and oxygen atoms in total. The average Bonchev–Trinajstić information content (AvgIpc) is 2.89. The minimum atomic E-state index is -5.20. The predicted molar refractivity (Wildman–Crippen MR) is 131 cm³/mol. The van der Waals surface area contributed by atoms with Crippen LogP contribution in [0.25, 0.3) is 11.4 Å². The third-order valence-electron chi connectivity index (χ3n) is 5.50. The molecule has 0 saturated heterocycles. The Balaban J connectivity index is 2.13. The molecule has 0 radical (unpaired) electrons. The summed E-state index contributed by atoms with van der Waals surface area (Å²) < 4.78 is 58.4. The molecule has 0 saturated carbocycles. The number of anilines is 2. The highest BCUT2D eigenvalue weighted by molar-refractivity contribution is 5.96. The van der Waals surface area contributed by atoms with E-state index in [1.807, 2.05) is 5.32 Å². The van der Waals surface area contributed by atoms with Crippen LogP contribution in [0.1, 0.15) is 13.8 Å². The quantitative estimate of drug-likeness (QED) is 0.426. The third-order valence-corrected chi connectivity index (χ3v) is 5.50. The van der Waals surface area contributed by atoms with E-state index in [0.29, 0.717) is 0 Å². The average molecular weight is 549 g/mol. The summed E-state index contributed by atoms with van der Waals surface area (Å²) in [4.78, 5) is 60.0. The first kappa shape index (κ1) is 28.9. The number of carbonyl (C=O) groups is 3. The number of ketones is 1. The summed E-state index contributed by atoms with van der Waals surface area (Å²) in [5, 5.41) is 2.03. The summed E-state index contributed by atoms with van der Waals surface area (Å²) in [7, 11) is 1.08. The van der Waals surface area contributed by atoms with Crippen LogP contribution < -0.4 is 15.8 Å². The van der Waals surface area contributed by atoms with Crippen molar-refractivity contribution in [1.29, 1.82) is 0 Å². The molecule has 1 atom stereocenters. The lowest BCUT2D eigenvalue weighted by molar-refractivity contribution is -0.174. The number of nitrogens with zero attached hydrogens (tertiary/aromatic N) is 4. The first-order valence-electron chi connectivity index (χ1n) is 11.4.